The highest BCUT2D eigenvalue weighted by molar-refractivity contribution is 5.80. The quantitative estimate of drug-likeness (QED) is 0.829. The number of aryl methyl sites for hydroxylation is 1. The maximum atomic E-state index is 12.6. The molecular weight excluding hydrogens is 318 g/mol. The molecule has 0 aliphatic carbocycles. The standard InChI is InChI=1S/C19H27N3O3/c1-13-4-2-3-5-14(13)10-18(24)21-8-6-15(7-9-21)22-12-16(23)11-17(22)19(20)25/h2-5,15-17,23H,6-12H2,1H3,(H2,20,25)/t16-,17+/m1/s1. The number of hydrogen-bond donors (Lipinski definition) is 2. The summed E-state index contributed by atoms with van der Waals surface area (Å²) < 4.78 is 0. The Labute approximate surface area is 148 Å². The summed E-state index contributed by atoms with van der Waals surface area (Å²) in [6, 6.07) is 7.80. The number of β-amino-alcohol motifs (C(OH)–C–C–N with tert-alkyl or cyclic N) is 1. The van der Waals surface area contributed by atoms with Crippen molar-refractivity contribution >= 4 is 11.8 Å². The number of carbonyl (C=O) groups excluding carboxylic acids is 2. The van der Waals surface area contributed by atoms with Crippen molar-refractivity contribution in [2.75, 3.05) is 19.6 Å². The van der Waals surface area contributed by atoms with Crippen molar-refractivity contribution in [1.29, 1.82) is 0 Å². The zero-order chi connectivity index (χ0) is 18.0. The van der Waals surface area contributed by atoms with E-state index in [9.17, 15) is 14.7 Å². The molecule has 0 bridgehead atoms. The fraction of sp³-hybridized carbons (Fsp3) is 0.579. The smallest absolute Gasteiger partial charge is 0.234 e. The summed E-state index contributed by atoms with van der Waals surface area (Å²) in [5.41, 5.74) is 7.69. The number of nitrogens with zero attached hydrogens (tertiary/aromatic N) is 2. The van der Waals surface area contributed by atoms with E-state index in [-0.39, 0.29) is 23.9 Å². The predicted molar refractivity (Wildman–Crippen MR) is 94.8 cm³/mol. The Kier molecular flexibility index (Phi) is 5.39. The lowest BCUT2D eigenvalue weighted by Crippen LogP contribution is -2.51. The lowest BCUT2D eigenvalue weighted by atomic mass is 10.00. The van der Waals surface area contributed by atoms with E-state index in [2.05, 4.69) is 0 Å². The molecule has 136 valence electrons. The topological polar surface area (TPSA) is 86.9 Å². The lowest BCUT2D eigenvalue weighted by molar-refractivity contribution is -0.133. The number of amides is 2. The third-order valence-electron chi connectivity index (χ3n) is 5.53. The Morgan fingerprint density at radius 2 is 1.92 bits per heavy atom. The molecule has 3 N–H and O–H groups in total. The van der Waals surface area contributed by atoms with Crippen molar-refractivity contribution in [3.63, 3.8) is 0 Å². The maximum absolute atomic E-state index is 12.6. The molecule has 1 aromatic rings. The number of primary amides is 1. The molecule has 0 spiro atoms. The van der Waals surface area contributed by atoms with Crippen LogP contribution in [0.15, 0.2) is 24.3 Å². The first kappa shape index (κ1) is 17.9. The number of hydrogen-bond acceptors (Lipinski definition) is 4. The number of nitrogens with two attached hydrogens (primary N) is 1. The second kappa shape index (κ2) is 7.54. The third-order valence-corrected chi connectivity index (χ3v) is 5.53. The molecule has 3 rings (SSSR count). The molecule has 6 nitrogen and oxygen atoms in total. The Morgan fingerprint density at radius 1 is 1.24 bits per heavy atom. The van der Waals surface area contributed by atoms with Crippen LogP contribution in [0.25, 0.3) is 0 Å². The molecule has 0 aromatic heterocycles. The molecule has 1 aromatic carbocycles. The number of carbonyl (C=O) groups is 2. The van der Waals surface area contributed by atoms with Crippen molar-refractivity contribution in [3.05, 3.63) is 35.4 Å². The van der Waals surface area contributed by atoms with E-state index in [1.54, 1.807) is 0 Å². The predicted octanol–water partition coefficient (Wildman–Crippen LogP) is 0.449. The van der Waals surface area contributed by atoms with Gasteiger partial charge >= 0.3 is 0 Å². The number of benzene rings is 1. The number of aliphatic hydroxyl groups is 1. The van der Waals surface area contributed by atoms with Crippen LogP contribution in [0.3, 0.4) is 0 Å². The first-order valence-corrected chi connectivity index (χ1v) is 9.01. The van der Waals surface area contributed by atoms with Gasteiger partial charge in [0.25, 0.3) is 0 Å². The Balaban J connectivity index is 1.56. The van der Waals surface area contributed by atoms with Crippen LogP contribution in [0.1, 0.15) is 30.4 Å². The van der Waals surface area contributed by atoms with Gasteiger partial charge in [-0.25, -0.2) is 0 Å². The zero-order valence-corrected chi connectivity index (χ0v) is 14.7. The van der Waals surface area contributed by atoms with Gasteiger partial charge in [-0.15, -0.1) is 0 Å². The van der Waals surface area contributed by atoms with E-state index in [0.717, 1.165) is 24.0 Å². The third kappa shape index (κ3) is 4.02. The van der Waals surface area contributed by atoms with Crippen LogP contribution >= 0.6 is 0 Å². The van der Waals surface area contributed by atoms with E-state index >= 15 is 0 Å². The summed E-state index contributed by atoms with van der Waals surface area (Å²) in [7, 11) is 0. The fourth-order valence-corrected chi connectivity index (χ4v) is 4.05. The minimum atomic E-state index is -0.488. The molecule has 2 fully saturated rings. The van der Waals surface area contributed by atoms with Crippen LogP contribution in [-0.4, -0.2) is 64.5 Å². The number of aliphatic hydroxyl groups excluding tert-OH is 1. The monoisotopic (exact) mass is 345 g/mol. The summed E-state index contributed by atoms with van der Waals surface area (Å²) in [5, 5.41) is 9.87. The van der Waals surface area contributed by atoms with E-state index in [0.29, 0.717) is 32.5 Å². The van der Waals surface area contributed by atoms with Gasteiger partial charge in [-0.1, -0.05) is 24.3 Å². The van der Waals surface area contributed by atoms with Gasteiger partial charge in [0.2, 0.25) is 11.8 Å². The lowest BCUT2D eigenvalue weighted by Gasteiger charge is -2.38. The highest BCUT2D eigenvalue weighted by Crippen LogP contribution is 2.26. The zero-order valence-electron chi connectivity index (χ0n) is 14.7. The van der Waals surface area contributed by atoms with Crippen LogP contribution in [-0.2, 0) is 16.0 Å². The molecule has 2 aliphatic heterocycles. The largest absolute Gasteiger partial charge is 0.392 e. The molecule has 0 saturated carbocycles. The Hall–Kier alpha value is -1.92. The molecule has 2 heterocycles. The molecule has 2 atom stereocenters. The van der Waals surface area contributed by atoms with Crippen molar-refractivity contribution < 1.29 is 14.7 Å². The van der Waals surface area contributed by atoms with Crippen LogP contribution in [0.2, 0.25) is 0 Å². The highest BCUT2D eigenvalue weighted by Gasteiger charge is 2.40. The van der Waals surface area contributed by atoms with E-state index in [4.69, 9.17) is 5.73 Å². The number of likely N-dealkylation sites (tertiary alicyclic amines) is 2. The first-order valence-electron chi connectivity index (χ1n) is 9.01. The van der Waals surface area contributed by atoms with E-state index in [1.807, 2.05) is 41.0 Å². The van der Waals surface area contributed by atoms with Gasteiger partial charge in [0.05, 0.1) is 18.6 Å². The minimum Gasteiger partial charge on any atom is -0.392 e. The fourth-order valence-electron chi connectivity index (χ4n) is 4.05. The van der Waals surface area contributed by atoms with Crippen molar-refractivity contribution in [3.8, 4) is 0 Å². The van der Waals surface area contributed by atoms with Crippen molar-refractivity contribution in [1.82, 2.24) is 9.80 Å². The molecule has 0 radical (unpaired) electrons. The van der Waals surface area contributed by atoms with Crippen LogP contribution < -0.4 is 5.73 Å². The van der Waals surface area contributed by atoms with Crippen molar-refractivity contribution in [2.45, 2.75) is 50.8 Å². The molecule has 2 amide bonds. The molecule has 0 unspecified atom stereocenters. The second-order valence-electron chi connectivity index (χ2n) is 7.22. The van der Waals surface area contributed by atoms with Gasteiger partial charge in [0.1, 0.15) is 0 Å². The molecule has 2 aliphatic rings. The number of piperidine rings is 1. The normalized spacial score (nSPS) is 25.3. The van der Waals surface area contributed by atoms with Gasteiger partial charge in [-0.05, 0) is 37.3 Å². The minimum absolute atomic E-state index is 0.153. The average Bonchev–Trinajstić information content (AvgIpc) is 2.99. The molecule has 25 heavy (non-hydrogen) atoms. The summed E-state index contributed by atoms with van der Waals surface area (Å²) >= 11 is 0. The van der Waals surface area contributed by atoms with Crippen LogP contribution in [0.5, 0.6) is 0 Å². The van der Waals surface area contributed by atoms with E-state index in [1.165, 1.54) is 0 Å². The van der Waals surface area contributed by atoms with Crippen LogP contribution in [0.4, 0.5) is 0 Å². The summed E-state index contributed by atoms with van der Waals surface area (Å²) in [4.78, 5) is 28.1. The second-order valence-corrected chi connectivity index (χ2v) is 7.22. The highest BCUT2D eigenvalue weighted by atomic mass is 16.3. The first-order chi connectivity index (χ1) is 12.0. The Morgan fingerprint density at radius 3 is 2.56 bits per heavy atom. The van der Waals surface area contributed by atoms with Gasteiger partial charge in [0.15, 0.2) is 0 Å². The van der Waals surface area contributed by atoms with E-state index < -0.39 is 6.10 Å². The molecule has 2 saturated heterocycles. The Bertz CT molecular complexity index is 641. The summed E-state index contributed by atoms with van der Waals surface area (Å²) in [6.45, 7) is 3.90. The number of rotatable bonds is 4. The summed E-state index contributed by atoms with van der Waals surface area (Å²) in [5.74, 6) is -0.213. The van der Waals surface area contributed by atoms with Gasteiger partial charge in [-0.3, -0.25) is 14.5 Å². The van der Waals surface area contributed by atoms with Gasteiger partial charge in [0, 0.05) is 25.7 Å². The SMILES string of the molecule is Cc1ccccc1CC(=O)N1CCC(N2C[C@H](O)C[C@H]2C(N)=O)CC1. The molecular formula is C19H27N3O3. The van der Waals surface area contributed by atoms with Crippen molar-refractivity contribution in [2.24, 2.45) is 5.73 Å². The van der Waals surface area contributed by atoms with Gasteiger partial charge < -0.3 is 15.7 Å². The molecule has 6 heteroatoms. The average molecular weight is 345 g/mol. The van der Waals surface area contributed by atoms with Gasteiger partial charge in [-0.2, -0.15) is 0 Å². The summed E-state index contributed by atoms with van der Waals surface area (Å²) in [6.07, 6.45) is 2.00. The maximum Gasteiger partial charge on any atom is 0.234 e. The van der Waals surface area contributed by atoms with Crippen LogP contribution in [0, 0.1) is 6.92 Å².